The van der Waals surface area contributed by atoms with Crippen LogP contribution in [0.5, 0.6) is 0 Å². The molecule has 0 heterocycles. The van der Waals surface area contributed by atoms with Gasteiger partial charge in [0, 0.05) is 23.8 Å². The Balaban J connectivity index is 2.05. The molecule has 0 aromatic heterocycles. The summed E-state index contributed by atoms with van der Waals surface area (Å²) in [4.78, 5) is 12.1. The summed E-state index contributed by atoms with van der Waals surface area (Å²) in [5.41, 5.74) is 4.86. The molecule has 0 saturated carbocycles. The highest BCUT2D eigenvalue weighted by Gasteiger charge is 2.29. The highest BCUT2D eigenvalue weighted by atomic mass is 16.1. The molecule has 2 bridgehead atoms. The van der Waals surface area contributed by atoms with Gasteiger partial charge in [0.2, 0.25) is 0 Å². The zero-order chi connectivity index (χ0) is 12.6. The molecule has 0 aliphatic heterocycles. The fourth-order valence-electron chi connectivity index (χ4n) is 3.85. The van der Waals surface area contributed by atoms with Crippen LogP contribution in [0.3, 0.4) is 0 Å². The molecule has 1 heteroatoms. The topological polar surface area (TPSA) is 17.1 Å². The monoisotopic (exact) mass is 244 g/mol. The number of carbonyl (C=O) groups is 1. The van der Waals surface area contributed by atoms with Gasteiger partial charge < -0.3 is 0 Å². The van der Waals surface area contributed by atoms with E-state index >= 15 is 0 Å². The van der Waals surface area contributed by atoms with Crippen molar-refractivity contribution in [3.63, 3.8) is 0 Å². The zero-order valence-corrected chi connectivity index (χ0v) is 10.4. The molecule has 0 saturated heterocycles. The first-order valence-electron chi connectivity index (χ1n) is 6.81. The van der Waals surface area contributed by atoms with Gasteiger partial charge in [-0.1, -0.05) is 48.6 Å². The second-order valence-electron chi connectivity index (χ2n) is 5.69. The lowest BCUT2D eigenvalue weighted by molar-refractivity contribution is 0.1000. The number of rotatable bonds is 0. The molecule has 1 nitrogen and oxygen atoms in total. The standard InChI is InChI=1S/C18H12O/c19-16-9-12-5-6-13-10-1-3-11(4-2-10)14-7-8-15(16)17(12)18(13)14/h1-8,10-11H,9H2. The van der Waals surface area contributed by atoms with E-state index in [4.69, 9.17) is 0 Å². The summed E-state index contributed by atoms with van der Waals surface area (Å²) in [5, 5.41) is 2.56. The van der Waals surface area contributed by atoms with E-state index in [2.05, 4.69) is 42.5 Å². The molecule has 0 amide bonds. The van der Waals surface area contributed by atoms with Crippen LogP contribution in [-0.2, 0) is 6.42 Å². The number of ketones is 1. The van der Waals surface area contributed by atoms with Crippen LogP contribution < -0.4 is 0 Å². The molecular weight excluding hydrogens is 232 g/mol. The molecule has 90 valence electrons. The Labute approximate surface area is 111 Å². The molecule has 19 heavy (non-hydrogen) atoms. The van der Waals surface area contributed by atoms with Crippen molar-refractivity contribution >= 4 is 16.6 Å². The van der Waals surface area contributed by atoms with Gasteiger partial charge in [-0.2, -0.15) is 0 Å². The van der Waals surface area contributed by atoms with Gasteiger partial charge in [0.1, 0.15) is 0 Å². The number of allylic oxidation sites excluding steroid dienone is 4. The lowest BCUT2D eigenvalue weighted by atomic mass is 9.90. The highest BCUT2D eigenvalue weighted by molar-refractivity contribution is 6.17. The summed E-state index contributed by atoms with van der Waals surface area (Å²) >= 11 is 0. The van der Waals surface area contributed by atoms with Gasteiger partial charge in [-0.3, -0.25) is 4.79 Å². The van der Waals surface area contributed by atoms with Crippen molar-refractivity contribution < 1.29 is 4.79 Å². The molecule has 0 atom stereocenters. The van der Waals surface area contributed by atoms with Gasteiger partial charge in [0.25, 0.3) is 0 Å². The Morgan fingerprint density at radius 1 is 0.789 bits per heavy atom. The SMILES string of the molecule is O=C1Cc2ccc3c4c(ccc1c24)C1C=CC3C=C1. The lowest BCUT2D eigenvalue weighted by Gasteiger charge is -2.13. The molecule has 0 radical (unpaired) electrons. The maximum atomic E-state index is 12.1. The van der Waals surface area contributed by atoms with Gasteiger partial charge >= 0.3 is 0 Å². The third-order valence-corrected chi connectivity index (χ3v) is 4.73. The largest absolute Gasteiger partial charge is 0.294 e. The summed E-state index contributed by atoms with van der Waals surface area (Å²) in [6.45, 7) is 0. The van der Waals surface area contributed by atoms with E-state index in [1.165, 1.54) is 27.5 Å². The first-order valence-corrected chi connectivity index (χ1v) is 6.81. The summed E-state index contributed by atoms with van der Waals surface area (Å²) in [5.74, 6) is 1.02. The minimum Gasteiger partial charge on any atom is -0.294 e. The second-order valence-corrected chi connectivity index (χ2v) is 5.69. The van der Waals surface area contributed by atoms with Gasteiger partial charge in [-0.05, 0) is 27.5 Å². The van der Waals surface area contributed by atoms with E-state index in [0.717, 1.165) is 5.56 Å². The Morgan fingerprint density at radius 2 is 1.42 bits per heavy atom. The van der Waals surface area contributed by atoms with Crippen molar-refractivity contribution in [3.8, 4) is 0 Å². The molecule has 0 N–H and O–H groups in total. The van der Waals surface area contributed by atoms with Crippen LogP contribution in [0, 0.1) is 0 Å². The maximum Gasteiger partial charge on any atom is 0.167 e. The van der Waals surface area contributed by atoms with E-state index in [1.54, 1.807) is 0 Å². The molecule has 2 aromatic carbocycles. The molecule has 4 aliphatic carbocycles. The molecule has 2 aromatic rings. The van der Waals surface area contributed by atoms with Gasteiger partial charge in [0.15, 0.2) is 5.78 Å². The zero-order valence-electron chi connectivity index (χ0n) is 10.4. The van der Waals surface area contributed by atoms with E-state index in [0.29, 0.717) is 18.3 Å². The van der Waals surface area contributed by atoms with Crippen LogP contribution in [0.15, 0.2) is 48.6 Å². The average molecular weight is 244 g/mol. The molecule has 0 spiro atoms. The molecule has 6 rings (SSSR count). The third-order valence-electron chi connectivity index (χ3n) is 4.73. The number of hydrogen-bond donors (Lipinski definition) is 0. The van der Waals surface area contributed by atoms with Crippen LogP contribution in [0.2, 0.25) is 0 Å². The average Bonchev–Trinajstić information content (AvgIpc) is 2.62. The first-order chi connectivity index (χ1) is 9.33. The number of Topliss-reactive ketones (excluding diaryl/α,β-unsaturated/α-hetero) is 1. The molecule has 0 fully saturated rings. The van der Waals surface area contributed by atoms with Gasteiger partial charge in [-0.25, -0.2) is 0 Å². The summed E-state index contributed by atoms with van der Waals surface area (Å²) < 4.78 is 0. The number of carbonyl (C=O) groups excluding carboxylic acids is 1. The minimum absolute atomic E-state index is 0.274. The Hall–Kier alpha value is -2.15. The molecular formula is C18H12O. The van der Waals surface area contributed by atoms with E-state index in [-0.39, 0.29) is 5.78 Å². The van der Waals surface area contributed by atoms with Crippen molar-refractivity contribution in [2.24, 2.45) is 0 Å². The Kier molecular flexibility index (Phi) is 1.56. The molecule has 4 aliphatic rings. The summed E-state index contributed by atoms with van der Waals surface area (Å²) in [6, 6.07) is 8.55. The minimum atomic E-state index is 0.274. The van der Waals surface area contributed by atoms with Crippen molar-refractivity contribution in [2.75, 3.05) is 0 Å². The van der Waals surface area contributed by atoms with Gasteiger partial charge in [-0.15, -0.1) is 0 Å². The van der Waals surface area contributed by atoms with E-state index < -0.39 is 0 Å². The fraction of sp³-hybridized carbons (Fsp3) is 0.167. The predicted molar refractivity (Wildman–Crippen MR) is 75.7 cm³/mol. The summed E-state index contributed by atoms with van der Waals surface area (Å²) in [7, 11) is 0. The van der Waals surface area contributed by atoms with Crippen molar-refractivity contribution in [3.05, 3.63) is 70.8 Å². The Morgan fingerprint density at radius 3 is 2.11 bits per heavy atom. The normalized spacial score (nSPS) is 25.4. The van der Waals surface area contributed by atoms with Crippen LogP contribution in [0.25, 0.3) is 10.8 Å². The third kappa shape index (κ3) is 1.05. The van der Waals surface area contributed by atoms with Gasteiger partial charge in [0.05, 0.1) is 0 Å². The smallest absolute Gasteiger partial charge is 0.167 e. The lowest BCUT2D eigenvalue weighted by Crippen LogP contribution is -1.96. The predicted octanol–water partition coefficient (Wildman–Crippen LogP) is 3.89. The van der Waals surface area contributed by atoms with Crippen LogP contribution in [-0.4, -0.2) is 5.78 Å². The van der Waals surface area contributed by atoms with Crippen molar-refractivity contribution in [1.82, 2.24) is 0 Å². The molecule has 0 unspecified atom stereocenters. The first kappa shape index (κ1) is 9.74. The maximum absolute atomic E-state index is 12.1. The second kappa shape index (κ2) is 3.05. The van der Waals surface area contributed by atoms with Crippen LogP contribution in [0.4, 0.5) is 0 Å². The van der Waals surface area contributed by atoms with Crippen molar-refractivity contribution in [2.45, 2.75) is 18.3 Å². The van der Waals surface area contributed by atoms with Crippen molar-refractivity contribution in [1.29, 1.82) is 0 Å². The summed E-state index contributed by atoms with van der Waals surface area (Å²) in [6.07, 6.45) is 9.74. The quantitative estimate of drug-likeness (QED) is 0.643. The van der Waals surface area contributed by atoms with Crippen LogP contribution >= 0.6 is 0 Å². The number of hydrogen-bond acceptors (Lipinski definition) is 1. The van der Waals surface area contributed by atoms with E-state index in [1.807, 2.05) is 6.07 Å². The van der Waals surface area contributed by atoms with Crippen LogP contribution in [0.1, 0.15) is 38.9 Å². The number of benzene rings is 2. The fourth-order valence-corrected chi connectivity index (χ4v) is 3.85. The Bertz CT molecular complexity index is 787. The highest BCUT2D eigenvalue weighted by Crippen LogP contribution is 2.45. The van der Waals surface area contributed by atoms with E-state index in [9.17, 15) is 4.79 Å².